The van der Waals surface area contributed by atoms with E-state index in [-0.39, 0.29) is 42.2 Å². The number of aromatic nitrogens is 2. The molecule has 0 saturated carbocycles. The van der Waals surface area contributed by atoms with Gasteiger partial charge in [-0.3, -0.25) is 14.9 Å². The molecule has 1 aliphatic heterocycles. The maximum absolute atomic E-state index is 12.6. The number of carbonyl (C=O) groups excluding carboxylic acids is 1. The molecule has 1 unspecified atom stereocenters. The first kappa shape index (κ1) is 20.0. The number of ether oxygens (including phenoxy) is 1. The second-order valence-corrected chi connectivity index (χ2v) is 6.62. The summed E-state index contributed by atoms with van der Waals surface area (Å²) in [6.45, 7) is 5.66. The van der Waals surface area contributed by atoms with Crippen LogP contribution in [-0.4, -0.2) is 50.7 Å². The van der Waals surface area contributed by atoms with Crippen molar-refractivity contribution in [2.75, 3.05) is 13.1 Å². The number of non-ortho nitro benzene ring substituents is 1. The lowest BCUT2D eigenvalue weighted by Crippen LogP contribution is -2.49. The molecule has 1 aliphatic rings. The lowest BCUT2D eigenvalue weighted by atomic mass is 10.0. The van der Waals surface area contributed by atoms with Crippen LogP contribution in [0.4, 0.5) is 10.5 Å². The molecule has 0 spiro atoms. The van der Waals surface area contributed by atoms with Gasteiger partial charge < -0.3 is 9.64 Å². The van der Waals surface area contributed by atoms with Crippen LogP contribution in [0.1, 0.15) is 18.0 Å². The predicted molar refractivity (Wildman–Crippen MR) is 104 cm³/mol. The molecule has 0 radical (unpaired) electrons. The quantitative estimate of drug-likeness (QED) is 0.443. The van der Waals surface area contributed by atoms with Crippen molar-refractivity contribution in [2.24, 2.45) is 4.99 Å². The van der Waals surface area contributed by atoms with Crippen LogP contribution in [0.3, 0.4) is 0 Å². The highest BCUT2D eigenvalue weighted by Crippen LogP contribution is 2.24. The number of nitrogens with zero attached hydrogens (tertiary/aromatic N) is 5. The molecule has 10 nitrogen and oxygen atoms in total. The lowest BCUT2D eigenvalue weighted by Gasteiger charge is -2.35. The Kier molecular flexibility index (Phi) is 5.85. The van der Waals surface area contributed by atoms with Gasteiger partial charge in [-0.15, -0.1) is 0 Å². The third-order valence-electron chi connectivity index (χ3n) is 4.60. The molecule has 0 aliphatic carbocycles. The van der Waals surface area contributed by atoms with Gasteiger partial charge in [0.1, 0.15) is 5.75 Å². The normalized spacial score (nSPS) is 18.6. The smallest absolute Gasteiger partial charge is 0.410 e. The van der Waals surface area contributed by atoms with Crippen LogP contribution in [0.2, 0.25) is 0 Å². The highest BCUT2D eigenvalue weighted by Gasteiger charge is 2.33. The number of aliphatic imine (C=N–C) groups is 1. The first-order chi connectivity index (χ1) is 13.9. The number of amides is 1. The summed E-state index contributed by atoms with van der Waals surface area (Å²) >= 11 is 0. The first-order valence-electron chi connectivity index (χ1n) is 8.86. The minimum Gasteiger partial charge on any atom is -0.410 e. The van der Waals surface area contributed by atoms with Gasteiger partial charge in [-0.05, 0) is 44.0 Å². The van der Waals surface area contributed by atoms with Crippen LogP contribution in [0, 0.1) is 17.0 Å². The lowest BCUT2D eigenvalue weighted by molar-refractivity contribution is -0.384. The number of nitro benzene ring substituents is 1. The number of hydrogen-bond donors (Lipinski definition) is 0. The van der Waals surface area contributed by atoms with E-state index >= 15 is 0 Å². The molecule has 2 heterocycles. The third kappa shape index (κ3) is 4.56. The Morgan fingerprint density at radius 2 is 2.07 bits per heavy atom. The summed E-state index contributed by atoms with van der Waals surface area (Å²) in [5.41, 5.74) is 0.215. The fraction of sp³-hybridized carbons (Fsp3) is 0.316. The summed E-state index contributed by atoms with van der Waals surface area (Å²) in [4.78, 5) is 40.9. The van der Waals surface area contributed by atoms with E-state index in [4.69, 9.17) is 4.74 Å². The zero-order valence-corrected chi connectivity index (χ0v) is 15.7. The number of hydrogen-bond acceptors (Lipinski definition) is 7. The fourth-order valence-corrected chi connectivity index (χ4v) is 3.18. The molecule has 1 aromatic carbocycles. The van der Waals surface area contributed by atoms with Gasteiger partial charge in [0.2, 0.25) is 0 Å². The number of aryl methyl sites for hydroxylation is 1. The summed E-state index contributed by atoms with van der Waals surface area (Å²) < 4.78 is 6.69. The molecule has 1 saturated heterocycles. The van der Waals surface area contributed by atoms with E-state index in [0.29, 0.717) is 12.0 Å². The van der Waals surface area contributed by atoms with Crippen molar-refractivity contribution in [3.63, 3.8) is 0 Å². The highest BCUT2D eigenvalue weighted by atomic mass is 16.6. The predicted octanol–water partition coefficient (Wildman–Crippen LogP) is 2.13. The number of piperidine rings is 1. The van der Waals surface area contributed by atoms with Gasteiger partial charge in [0.15, 0.2) is 0 Å². The van der Waals surface area contributed by atoms with Gasteiger partial charge in [0.05, 0.1) is 17.0 Å². The first-order valence-corrected chi connectivity index (χ1v) is 8.86. The zero-order chi connectivity index (χ0) is 21.0. The second kappa shape index (κ2) is 8.49. The SMILES string of the molecule is C=C=NC1C[C@@H](n2nccc(C)c2=O)CN(C(=O)Oc2ccc([N+](=O)[O-])cc2)C1. The maximum atomic E-state index is 12.6. The summed E-state index contributed by atoms with van der Waals surface area (Å²) in [7, 11) is 0. The number of rotatable bonds is 4. The molecular formula is C19H19N5O5. The number of likely N-dealkylation sites (tertiary alicyclic amines) is 1. The summed E-state index contributed by atoms with van der Waals surface area (Å²) in [6, 6.07) is 6.13. The van der Waals surface area contributed by atoms with Crippen LogP contribution in [0.15, 0.2) is 52.9 Å². The summed E-state index contributed by atoms with van der Waals surface area (Å²) in [5.74, 6) is 2.66. The molecule has 1 amide bonds. The summed E-state index contributed by atoms with van der Waals surface area (Å²) in [5, 5.41) is 14.9. The molecular weight excluding hydrogens is 378 g/mol. The van der Waals surface area contributed by atoms with Crippen molar-refractivity contribution in [3.05, 3.63) is 69.1 Å². The maximum Gasteiger partial charge on any atom is 0.415 e. The van der Waals surface area contributed by atoms with E-state index in [1.807, 2.05) is 0 Å². The second-order valence-electron chi connectivity index (χ2n) is 6.62. The number of benzene rings is 1. The number of carbonyl (C=O) groups is 1. The largest absolute Gasteiger partial charge is 0.415 e. The molecule has 2 aromatic rings. The Hall–Kier alpha value is -3.78. The van der Waals surface area contributed by atoms with Crippen LogP contribution < -0.4 is 10.3 Å². The average Bonchev–Trinajstić information content (AvgIpc) is 2.70. The van der Waals surface area contributed by atoms with E-state index in [0.717, 1.165) is 0 Å². The Morgan fingerprint density at radius 3 is 2.72 bits per heavy atom. The molecule has 0 bridgehead atoms. The molecule has 2 atom stereocenters. The van der Waals surface area contributed by atoms with E-state index < -0.39 is 11.0 Å². The van der Waals surface area contributed by atoms with Gasteiger partial charge in [-0.1, -0.05) is 0 Å². The Labute approximate surface area is 165 Å². The van der Waals surface area contributed by atoms with E-state index in [1.165, 1.54) is 40.0 Å². The Bertz CT molecular complexity index is 1030. The Morgan fingerprint density at radius 1 is 1.34 bits per heavy atom. The van der Waals surface area contributed by atoms with Gasteiger partial charge in [0, 0.05) is 37.0 Å². The van der Waals surface area contributed by atoms with E-state index in [1.54, 1.807) is 13.0 Å². The van der Waals surface area contributed by atoms with Crippen LogP contribution in [0.5, 0.6) is 5.75 Å². The molecule has 150 valence electrons. The van der Waals surface area contributed by atoms with Crippen molar-refractivity contribution in [3.8, 4) is 5.75 Å². The minimum absolute atomic E-state index is 0.104. The van der Waals surface area contributed by atoms with Gasteiger partial charge in [-0.2, -0.15) is 5.10 Å². The molecule has 0 N–H and O–H groups in total. The zero-order valence-electron chi connectivity index (χ0n) is 15.7. The standard InChI is InChI=1S/C19H19N5O5/c1-3-20-14-10-16(23-18(25)13(2)8-9-21-23)12-22(11-14)19(26)29-17-6-4-15(5-7-17)24(27)28/h4-9,14,16H,1,10-12H2,2H3/t14?,16-/m1/s1. The fourth-order valence-electron chi connectivity index (χ4n) is 3.18. The van der Waals surface area contributed by atoms with Crippen molar-refractivity contribution >= 4 is 17.7 Å². The van der Waals surface area contributed by atoms with Crippen molar-refractivity contribution in [2.45, 2.75) is 25.4 Å². The van der Waals surface area contributed by atoms with Gasteiger partial charge in [-0.25, -0.2) is 14.5 Å². The third-order valence-corrected chi connectivity index (χ3v) is 4.60. The molecule has 1 fully saturated rings. The van der Waals surface area contributed by atoms with Crippen molar-refractivity contribution in [1.29, 1.82) is 0 Å². The van der Waals surface area contributed by atoms with Crippen LogP contribution >= 0.6 is 0 Å². The van der Waals surface area contributed by atoms with Gasteiger partial charge in [0.25, 0.3) is 11.2 Å². The van der Waals surface area contributed by atoms with Crippen molar-refractivity contribution < 1.29 is 14.5 Å². The van der Waals surface area contributed by atoms with Crippen molar-refractivity contribution in [1.82, 2.24) is 14.7 Å². The average molecular weight is 397 g/mol. The molecule has 10 heteroatoms. The molecule has 3 rings (SSSR count). The molecule has 1 aromatic heterocycles. The number of nitro groups is 1. The van der Waals surface area contributed by atoms with E-state index in [9.17, 15) is 19.7 Å². The minimum atomic E-state index is -0.645. The van der Waals surface area contributed by atoms with Gasteiger partial charge >= 0.3 is 6.09 Å². The van der Waals surface area contributed by atoms with E-state index in [2.05, 4.69) is 22.5 Å². The topological polar surface area (TPSA) is 120 Å². The monoisotopic (exact) mass is 397 g/mol. The Balaban J connectivity index is 1.80. The van der Waals surface area contributed by atoms with Crippen LogP contribution in [-0.2, 0) is 0 Å². The van der Waals surface area contributed by atoms with Crippen LogP contribution in [0.25, 0.3) is 0 Å². The summed E-state index contributed by atoms with van der Waals surface area (Å²) in [6.07, 6.45) is 1.39. The molecule has 29 heavy (non-hydrogen) atoms. The highest BCUT2D eigenvalue weighted by molar-refractivity contribution is 5.71.